The van der Waals surface area contributed by atoms with E-state index in [0.29, 0.717) is 32.0 Å². The SMILES string of the molecule is CC(=O)c1ccc(N2C(=O)C(=Cc3ccc4c(c3)OCO4)SC2=S)cc1. The molecule has 2 aromatic rings. The Morgan fingerprint density at radius 3 is 2.62 bits per heavy atom. The molecule has 1 amide bonds. The van der Waals surface area contributed by atoms with Gasteiger partial charge in [0.2, 0.25) is 6.79 Å². The molecule has 0 aliphatic carbocycles. The van der Waals surface area contributed by atoms with Crippen LogP contribution >= 0.6 is 24.0 Å². The van der Waals surface area contributed by atoms with Crippen LogP contribution in [0.3, 0.4) is 0 Å². The van der Waals surface area contributed by atoms with Crippen LogP contribution in [0, 0.1) is 0 Å². The molecule has 2 aliphatic rings. The zero-order valence-electron chi connectivity index (χ0n) is 13.7. The highest BCUT2D eigenvalue weighted by Crippen LogP contribution is 2.38. The van der Waals surface area contributed by atoms with E-state index >= 15 is 0 Å². The molecule has 0 unspecified atom stereocenters. The van der Waals surface area contributed by atoms with Crippen molar-refractivity contribution >= 4 is 51.8 Å². The van der Waals surface area contributed by atoms with E-state index in [4.69, 9.17) is 21.7 Å². The molecular formula is C19H13NO4S2. The van der Waals surface area contributed by atoms with Crippen LogP contribution in [-0.2, 0) is 4.79 Å². The number of benzene rings is 2. The molecule has 0 saturated carbocycles. The van der Waals surface area contributed by atoms with Gasteiger partial charge >= 0.3 is 0 Å². The number of hydrogen-bond acceptors (Lipinski definition) is 6. The van der Waals surface area contributed by atoms with Gasteiger partial charge < -0.3 is 9.47 Å². The first kappa shape index (κ1) is 16.8. The lowest BCUT2D eigenvalue weighted by Gasteiger charge is -2.14. The third kappa shape index (κ3) is 3.00. The van der Waals surface area contributed by atoms with E-state index in [2.05, 4.69) is 0 Å². The first-order valence-corrected chi connectivity index (χ1v) is 9.04. The number of ether oxygens (including phenoxy) is 2. The van der Waals surface area contributed by atoms with E-state index in [0.717, 1.165) is 5.56 Å². The van der Waals surface area contributed by atoms with Crippen LogP contribution in [0.25, 0.3) is 6.08 Å². The fraction of sp³-hybridized carbons (Fsp3) is 0.105. The molecule has 4 rings (SSSR count). The van der Waals surface area contributed by atoms with Gasteiger partial charge in [0.1, 0.15) is 0 Å². The summed E-state index contributed by atoms with van der Waals surface area (Å²) in [6.45, 7) is 1.71. The molecule has 2 aliphatic heterocycles. The standard InChI is InChI=1S/C19H13NO4S2/c1-11(21)13-3-5-14(6-4-13)20-18(22)17(26-19(20)25)9-12-2-7-15-16(8-12)24-10-23-15/h2-9H,10H2,1H3. The number of ketones is 1. The number of thiocarbonyl (C=S) groups is 1. The Morgan fingerprint density at radius 1 is 1.15 bits per heavy atom. The van der Waals surface area contributed by atoms with Crippen LogP contribution in [0.2, 0.25) is 0 Å². The summed E-state index contributed by atoms with van der Waals surface area (Å²) < 4.78 is 11.1. The van der Waals surface area contributed by atoms with Crippen molar-refractivity contribution in [3.63, 3.8) is 0 Å². The number of fused-ring (bicyclic) bond motifs is 1. The van der Waals surface area contributed by atoms with E-state index in [1.54, 1.807) is 30.3 Å². The molecule has 0 bridgehead atoms. The van der Waals surface area contributed by atoms with Crippen molar-refractivity contribution in [2.75, 3.05) is 11.7 Å². The second kappa shape index (κ2) is 6.59. The average Bonchev–Trinajstić information content (AvgIpc) is 3.19. The summed E-state index contributed by atoms with van der Waals surface area (Å²) in [5.74, 6) is 1.15. The number of Topliss-reactive ketones (excluding diaryl/α,β-unsaturated/α-hetero) is 1. The lowest BCUT2D eigenvalue weighted by atomic mass is 10.1. The predicted molar refractivity (Wildman–Crippen MR) is 105 cm³/mol. The Hall–Kier alpha value is -2.64. The fourth-order valence-corrected chi connectivity index (χ4v) is 3.99. The maximum Gasteiger partial charge on any atom is 0.270 e. The zero-order valence-corrected chi connectivity index (χ0v) is 15.4. The number of nitrogens with zero attached hydrogens (tertiary/aromatic N) is 1. The van der Waals surface area contributed by atoms with Gasteiger partial charge in [-0.05, 0) is 55.0 Å². The van der Waals surface area contributed by atoms with Gasteiger partial charge in [-0.1, -0.05) is 30.0 Å². The van der Waals surface area contributed by atoms with Gasteiger partial charge in [-0.2, -0.15) is 0 Å². The van der Waals surface area contributed by atoms with Crippen LogP contribution in [0.1, 0.15) is 22.8 Å². The molecular weight excluding hydrogens is 370 g/mol. The number of rotatable bonds is 3. The molecule has 2 heterocycles. The highest BCUT2D eigenvalue weighted by Gasteiger charge is 2.33. The van der Waals surface area contributed by atoms with Crippen LogP contribution in [0.5, 0.6) is 11.5 Å². The quantitative estimate of drug-likeness (QED) is 0.453. The van der Waals surface area contributed by atoms with Crippen LogP contribution in [-0.4, -0.2) is 22.8 Å². The summed E-state index contributed by atoms with van der Waals surface area (Å²) in [6.07, 6.45) is 1.78. The summed E-state index contributed by atoms with van der Waals surface area (Å²) in [7, 11) is 0. The molecule has 1 saturated heterocycles. The molecule has 0 aromatic heterocycles. The van der Waals surface area contributed by atoms with Gasteiger partial charge in [-0.3, -0.25) is 14.5 Å². The molecule has 5 nitrogen and oxygen atoms in total. The third-order valence-corrected chi connectivity index (χ3v) is 5.32. The van der Waals surface area contributed by atoms with E-state index in [-0.39, 0.29) is 18.5 Å². The maximum absolute atomic E-state index is 12.8. The van der Waals surface area contributed by atoms with Gasteiger partial charge in [-0.25, -0.2) is 0 Å². The van der Waals surface area contributed by atoms with Gasteiger partial charge in [0.25, 0.3) is 5.91 Å². The van der Waals surface area contributed by atoms with E-state index < -0.39 is 0 Å². The van der Waals surface area contributed by atoms with Gasteiger partial charge in [0, 0.05) is 5.56 Å². The van der Waals surface area contributed by atoms with E-state index in [1.807, 2.05) is 18.2 Å². The Bertz CT molecular complexity index is 966. The second-order valence-electron chi connectivity index (χ2n) is 5.73. The van der Waals surface area contributed by atoms with Crippen molar-refractivity contribution in [3.05, 3.63) is 58.5 Å². The molecule has 2 aromatic carbocycles. The van der Waals surface area contributed by atoms with Crippen molar-refractivity contribution in [2.24, 2.45) is 0 Å². The van der Waals surface area contributed by atoms with Gasteiger partial charge in [0.05, 0.1) is 10.6 Å². The highest BCUT2D eigenvalue weighted by molar-refractivity contribution is 8.27. The molecule has 0 spiro atoms. The molecule has 1 fully saturated rings. The minimum Gasteiger partial charge on any atom is -0.454 e. The average molecular weight is 383 g/mol. The molecule has 0 radical (unpaired) electrons. The van der Waals surface area contributed by atoms with Gasteiger partial charge in [0.15, 0.2) is 21.6 Å². The topological polar surface area (TPSA) is 55.8 Å². The van der Waals surface area contributed by atoms with Gasteiger partial charge in [-0.15, -0.1) is 0 Å². The maximum atomic E-state index is 12.8. The van der Waals surface area contributed by atoms with Crippen molar-refractivity contribution in [1.29, 1.82) is 0 Å². The van der Waals surface area contributed by atoms with E-state index in [9.17, 15) is 9.59 Å². The molecule has 26 heavy (non-hydrogen) atoms. The lowest BCUT2D eigenvalue weighted by molar-refractivity contribution is -0.113. The Labute approximate surface area is 159 Å². The van der Waals surface area contributed by atoms with Crippen LogP contribution < -0.4 is 14.4 Å². The second-order valence-corrected chi connectivity index (χ2v) is 7.41. The number of amides is 1. The first-order chi connectivity index (χ1) is 12.5. The van der Waals surface area contributed by atoms with Crippen LogP contribution in [0.15, 0.2) is 47.4 Å². The third-order valence-electron chi connectivity index (χ3n) is 4.02. The number of carbonyl (C=O) groups excluding carboxylic acids is 2. The summed E-state index contributed by atoms with van der Waals surface area (Å²) in [5, 5.41) is 0. The number of carbonyl (C=O) groups is 2. The minimum atomic E-state index is -0.187. The first-order valence-electron chi connectivity index (χ1n) is 7.81. The Morgan fingerprint density at radius 2 is 1.88 bits per heavy atom. The molecule has 0 atom stereocenters. The van der Waals surface area contributed by atoms with Crippen LogP contribution in [0.4, 0.5) is 5.69 Å². The lowest BCUT2D eigenvalue weighted by Crippen LogP contribution is -2.27. The molecule has 0 N–H and O–H groups in total. The normalized spacial score (nSPS) is 17.3. The minimum absolute atomic E-state index is 0.0235. The smallest absolute Gasteiger partial charge is 0.270 e. The summed E-state index contributed by atoms with van der Waals surface area (Å²) >= 11 is 6.62. The molecule has 7 heteroatoms. The van der Waals surface area contributed by atoms with E-state index in [1.165, 1.54) is 23.6 Å². The monoisotopic (exact) mass is 383 g/mol. The molecule has 130 valence electrons. The Kier molecular flexibility index (Phi) is 4.26. The summed E-state index contributed by atoms with van der Waals surface area (Å²) in [6, 6.07) is 12.3. The zero-order chi connectivity index (χ0) is 18.3. The Balaban J connectivity index is 1.61. The van der Waals surface area contributed by atoms with Crippen molar-refractivity contribution < 1.29 is 19.1 Å². The van der Waals surface area contributed by atoms with Crippen molar-refractivity contribution in [2.45, 2.75) is 6.92 Å². The fourth-order valence-electron chi connectivity index (χ4n) is 2.69. The predicted octanol–water partition coefficient (Wildman–Crippen LogP) is 4.02. The highest BCUT2D eigenvalue weighted by atomic mass is 32.2. The number of hydrogen-bond donors (Lipinski definition) is 0. The largest absolute Gasteiger partial charge is 0.454 e. The number of thioether (sulfide) groups is 1. The van der Waals surface area contributed by atoms with Crippen molar-refractivity contribution in [3.8, 4) is 11.5 Å². The summed E-state index contributed by atoms with van der Waals surface area (Å²) in [5.41, 5.74) is 2.07. The summed E-state index contributed by atoms with van der Waals surface area (Å²) in [4.78, 5) is 26.2. The van der Waals surface area contributed by atoms with Crippen molar-refractivity contribution in [1.82, 2.24) is 0 Å². The number of anilines is 1.